The van der Waals surface area contributed by atoms with Crippen LogP contribution < -0.4 is 4.90 Å². The third-order valence-electron chi connectivity index (χ3n) is 2.69. The summed E-state index contributed by atoms with van der Waals surface area (Å²) in [5.74, 6) is -0.271. The van der Waals surface area contributed by atoms with Crippen LogP contribution in [0.1, 0.15) is 10.6 Å². The molecule has 2 rings (SSSR count). The number of nitrogens with zero attached hydrogens (tertiary/aromatic N) is 2. The predicted molar refractivity (Wildman–Crippen MR) is 73.2 cm³/mol. The van der Waals surface area contributed by atoms with Gasteiger partial charge in [-0.3, -0.25) is 0 Å². The molecule has 0 atom stereocenters. The largest absolute Gasteiger partial charge is 0.391 e. The molecular formula is C13H15FN2O2S. The Morgan fingerprint density at radius 1 is 1.37 bits per heavy atom. The van der Waals surface area contributed by atoms with Gasteiger partial charge in [-0.25, -0.2) is 9.37 Å². The van der Waals surface area contributed by atoms with E-state index in [2.05, 4.69) is 4.98 Å². The van der Waals surface area contributed by atoms with Gasteiger partial charge in [0.2, 0.25) is 0 Å². The van der Waals surface area contributed by atoms with E-state index in [-0.39, 0.29) is 12.4 Å². The van der Waals surface area contributed by atoms with Crippen LogP contribution in [0, 0.1) is 5.82 Å². The summed E-state index contributed by atoms with van der Waals surface area (Å²) < 4.78 is 17.9. The maximum absolute atomic E-state index is 12.9. The molecule has 1 N–H and O–H groups in total. The Labute approximate surface area is 115 Å². The van der Waals surface area contributed by atoms with Gasteiger partial charge in [-0.2, -0.15) is 0 Å². The van der Waals surface area contributed by atoms with E-state index in [1.165, 1.54) is 23.5 Å². The molecule has 0 fully saturated rings. The van der Waals surface area contributed by atoms with Crippen LogP contribution >= 0.6 is 11.3 Å². The molecule has 102 valence electrons. The quantitative estimate of drug-likeness (QED) is 0.916. The van der Waals surface area contributed by atoms with Crippen molar-refractivity contribution in [3.05, 3.63) is 40.7 Å². The van der Waals surface area contributed by atoms with Crippen LogP contribution in [0.15, 0.2) is 24.3 Å². The average molecular weight is 282 g/mol. The normalized spacial score (nSPS) is 10.7. The molecule has 0 saturated heterocycles. The van der Waals surface area contributed by atoms with Gasteiger partial charge in [0, 0.05) is 19.8 Å². The van der Waals surface area contributed by atoms with Gasteiger partial charge in [0.1, 0.15) is 5.82 Å². The summed E-state index contributed by atoms with van der Waals surface area (Å²) in [6.45, 7) is 0.303. The molecule has 1 aromatic carbocycles. The van der Waals surface area contributed by atoms with Crippen molar-refractivity contribution in [2.75, 3.05) is 19.1 Å². The maximum Gasteiger partial charge on any atom is 0.190 e. The number of halogens is 1. The number of methoxy groups -OCH3 is 1. The van der Waals surface area contributed by atoms with Crippen molar-refractivity contribution in [2.45, 2.75) is 13.2 Å². The first-order valence-corrected chi connectivity index (χ1v) is 6.55. The summed E-state index contributed by atoms with van der Waals surface area (Å²) in [6, 6.07) is 6.18. The number of aliphatic hydroxyl groups excluding tert-OH is 1. The van der Waals surface area contributed by atoms with E-state index in [4.69, 9.17) is 4.74 Å². The molecule has 1 aromatic heterocycles. The molecule has 0 aliphatic heterocycles. The van der Waals surface area contributed by atoms with E-state index >= 15 is 0 Å². The van der Waals surface area contributed by atoms with Gasteiger partial charge in [0.05, 0.1) is 23.8 Å². The third kappa shape index (κ3) is 3.09. The second-order valence-electron chi connectivity index (χ2n) is 3.99. The first-order valence-electron chi connectivity index (χ1n) is 5.73. The van der Waals surface area contributed by atoms with Gasteiger partial charge < -0.3 is 14.7 Å². The van der Waals surface area contributed by atoms with Gasteiger partial charge in [-0.05, 0) is 24.3 Å². The van der Waals surface area contributed by atoms with Crippen LogP contribution in [0.3, 0.4) is 0 Å². The Morgan fingerprint density at radius 3 is 2.63 bits per heavy atom. The van der Waals surface area contributed by atoms with Crippen LogP contribution in [0.2, 0.25) is 0 Å². The summed E-state index contributed by atoms with van der Waals surface area (Å²) >= 11 is 1.40. The van der Waals surface area contributed by atoms with Crippen molar-refractivity contribution in [3.8, 4) is 0 Å². The van der Waals surface area contributed by atoms with E-state index in [0.29, 0.717) is 6.61 Å². The highest BCUT2D eigenvalue weighted by Gasteiger charge is 2.14. The summed E-state index contributed by atoms with van der Waals surface area (Å²) in [7, 11) is 3.44. The molecule has 0 amide bonds. The second-order valence-corrected chi connectivity index (χ2v) is 5.05. The number of aromatic nitrogens is 1. The SMILES string of the molecule is COCc1nc(N(C)c2ccc(F)cc2)sc1CO. The fraction of sp³-hybridized carbons (Fsp3) is 0.308. The number of hydrogen-bond acceptors (Lipinski definition) is 5. The summed E-state index contributed by atoms with van der Waals surface area (Å²) in [6.07, 6.45) is 0. The first kappa shape index (κ1) is 13.9. The zero-order valence-corrected chi connectivity index (χ0v) is 11.6. The third-order valence-corrected chi connectivity index (χ3v) is 3.85. The van der Waals surface area contributed by atoms with Crippen LogP contribution in [0.25, 0.3) is 0 Å². The zero-order chi connectivity index (χ0) is 13.8. The van der Waals surface area contributed by atoms with Gasteiger partial charge in [0.15, 0.2) is 5.13 Å². The van der Waals surface area contributed by atoms with Gasteiger partial charge in [-0.15, -0.1) is 0 Å². The predicted octanol–water partition coefficient (Wildman–Crippen LogP) is 2.69. The van der Waals surface area contributed by atoms with Crippen LogP contribution in [-0.2, 0) is 18.0 Å². The molecule has 0 bridgehead atoms. The molecule has 1 heterocycles. The van der Waals surface area contributed by atoms with Gasteiger partial charge in [-0.1, -0.05) is 11.3 Å². The summed E-state index contributed by atoms with van der Waals surface area (Å²) in [4.78, 5) is 7.07. The van der Waals surface area contributed by atoms with Gasteiger partial charge >= 0.3 is 0 Å². The minimum Gasteiger partial charge on any atom is -0.391 e. The van der Waals surface area contributed by atoms with Gasteiger partial charge in [0.25, 0.3) is 0 Å². The lowest BCUT2D eigenvalue weighted by atomic mass is 10.3. The molecule has 6 heteroatoms. The lowest BCUT2D eigenvalue weighted by Gasteiger charge is -2.15. The smallest absolute Gasteiger partial charge is 0.190 e. The summed E-state index contributed by atoms with van der Waals surface area (Å²) in [5, 5.41) is 10.0. The van der Waals surface area contributed by atoms with Crippen LogP contribution in [0.5, 0.6) is 0 Å². The van der Waals surface area contributed by atoms with E-state index in [1.807, 2.05) is 11.9 Å². The monoisotopic (exact) mass is 282 g/mol. The Bertz CT molecular complexity index is 542. The number of rotatable bonds is 5. The Morgan fingerprint density at radius 2 is 2.05 bits per heavy atom. The number of ether oxygens (including phenoxy) is 1. The fourth-order valence-electron chi connectivity index (χ4n) is 1.66. The lowest BCUT2D eigenvalue weighted by molar-refractivity contribution is 0.179. The maximum atomic E-state index is 12.9. The lowest BCUT2D eigenvalue weighted by Crippen LogP contribution is -2.09. The molecule has 0 radical (unpaired) electrons. The minimum absolute atomic E-state index is 0.0619. The molecule has 0 aliphatic carbocycles. The number of aliphatic hydroxyl groups is 1. The Hall–Kier alpha value is -1.50. The minimum atomic E-state index is -0.271. The highest BCUT2D eigenvalue weighted by Crippen LogP contribution is 2.31. The van der Waals surface area contributed by atoms with Crippen LogP contribution in [-0.4, -0.2) is 24.2 Å². The molecule has 0 saturated carbocycles. The van der Waals surface area contributed by atoms with Crippen LogP contribution in [0.4, 0.5) is 15.2 Å². The van der Waals surface area contributed by atoms with E-state index in [0.717, 1.165) is 21.4 Å². The Kier molecular flexibility index (Phi) is 4.47. The van der Waals surface area contributed by atoms with E-state index < -0.39 is 0 Å². The van der Waals surface area contributed by atoms with E-state index in [9.17, 15) is 9.50 Å². The average Bonchev–Trinajstić information content (AvgIpc) is 2.82. The van der Waals surface area contributed by atoms with Crippen molar-refractivity contribution < 1.29 is 14.2 Å². The molecular weight excluding hydrogens is 267 g/mol. The molecule has 0 unspecified atom stereocenters. The molecule has 4 nitrogen and oxygen atoms in total. The number of hydrogen-bond donors (Lipinski definition) is 1. The van der Waals surface area contributed by atoms with E-state index in [1.54, 1.807) is 19.2 Å². The number of benzene rings is 1. The van der Waals surface area contributed by atoms with Crippen molar-refractivity contribution in [1.29, 1.82) is 0 Å². The van der Waals surface area contributed by atoms with Crippen molar-refractivity contribution in [3.63, 3.8) is 0 Å². The molecule has 0 aliphatic rings. The zero-order valence-electron chi connectivity index (χ0n) is 10.8. The topological polar surface area (TPSA) is 45.6 Å². The number of anilines is 2. The second kappa shape index (κ2) is 6.10. The van der Waals surface area contributed by atoms with Crippen molar-refractivity contribution >= 4 is 22.2 Å². The molecule has 2 aromatic rings. The highest BCUT2D eigenvalue weighted by molar-refractivity contribution is 7.15. The molecule has 19 heavy (non-hydrogen) atoms. The van der Waals surface area contributed by atoms with Crippen molar-refractivity contribution in [2.24, 2.45) is 0 Å². The Balaban J connectivity index is 2.28. The summed E-state index contributed by atoms with van der Waals surface area (Å²) in [5.41, 5.74) is 1.57. The van der Waals surface area contributed by atoms with Crippen molar-refractivity contribution in [1.82, 2.24) is 4.98 Å². The fourth-order valence-corrected chi connectivity index (χ4v) is 2.57. The number of thiazole rings is 1. The first-order chi connectivity index (χ1) is 9.15. The molecule has 0 spiro atoms. The highest BCUT2D eigenvalue weighted by atomic mass is 32.1. The standard InChI is InChI=1S/C13H15FN2O2S/c1-16(10-5-3-9(14)4-6-10)13-15-11(8-18-2)12(7-17)19-13/h3-6,17H,7-8H2,1-2H3.